The zero-order valence-corrected chi connectivity index (χ0v) is 14.1. The summed E-state index contributed by atoms with van der Waals surface area (Å²) < 4.78 is 15.6. The lowest BCUT2D eigenvalue weighted by molar-refractivity contribution is 0.613. The second kappa shape index (κ2) is 5.79. The molecule has 4 nitrogen and oxygen atoms in total. The van der Waals surface area contributed by atoms with E-state index >= 15 is 0 Å². The van der Waals surface area contributed by atoms with E-state index in [2.05, 4.69) is 47.3 Å². The lowest BCUT2D eigenvalue weighted by atomic mass is 10.1. The minimum absolute atomic E-state index is 0.210. The molecule has 0 aliphatic heterocycles. The standard InChI is InChI=1S/C18H15FN4S/c1-11-7-12(2)9-14(8-11)17-20-21-18-23(17)22-16(24-18)10-13-5-3-4-6-15(13)19/h3-9H,10H2,1-2H3. The molecule has 0 atom stereocenters. The van der Waals surface area contributed by atoms with Crippen molar-refractivity contribution in [2.75, 3.05) is 0 Å². The van der Waals surface area contributed by atoms with Gasteiger partial charge in [-0.3, -0.25) is 0 Å². The van der Waals surface area contributed by atoms with Crippen LogP contribution in [0.25, 0.3) is 16.3 Å². The SMILES string of the molecule is Cc1cc(C)cc(-c2nnc3sc(Cc4ccccc4F)nn23)c1. The van der Waals surface area contributed by atoms with Gasteiger partial charge in [-0.05, 0) is 37.6 Å². The maximum atomic E-state index is 13.8. The van der Waals surface area contributed by atoms with Crippen molar-refractivity contribution in [2.24, 2.45) is 0 Å². The monoisotopic (exact) mass is 338 g/mol. The Balaban J connectivity index is 1.75. The third kappa shape index (κ3) is 2.69. The number of benzene rings is 2. The molecule has 6 heteroatoms. The Bertz CT molecular complexity index is 1010. The Hall–Kier alpha value is -2.60. The second-order valence-electron chi connectivity index (χ2n) is 5.86. The Morgan fingerprint density at radius 2 is 1.79 bits per heavy atom. The second-order valence-corrected chi connectivity index (χ2v) is 6.90. The van der Waals surface area contributed by atoms with Crippen molar-refractivity contribution in [2.45, 2.75) is 20.3 Å². The Kier molecular flexibility index (Phi) is 3.61. The van der Waals surface area contributed by atoms with Gasteiger partial charge in [-0.15, -0.1) is 10.2 Å². The van der Waals surface area contributed by atoms with Crippen LogP contribution >= 0.6 is 11.3 Å². The topological polar surface area (TPSA) is 43.1 Å². The number of halogens is 1. The number of nitrogens with zero attached hydrogens (tertiary/aromatic N) is 4. The molecule has 0 amide bonds. The number of rotatable bonds is 3. The molecule has 4 aromatic rings. The highest BCUT2D eigenvalue weighted by Gasteiger charge is 2.15. The summed E-state index contributed by atoms with van der Waals surface area (Å²) in [7, 11) is 0. The molecule has 2 aromatic heterocycles. The molecule has 0 unspecified atom stereocenters. The van der Waals surface area contributed by atoms with Gasteiger partial charge in [-0.2, -0.15) is 9.61 Å². The summed E-state index contributed by atoms with van der Waals surface area (Å²) in [5.41, 5.74) is 3.96. The van der Waals surface area contributed by atoms with Crippen molar-refractivity contribution in [3.8, 4) is 11.4 Å². The molecule has 4 rings (SSSR count). The van der Waals surface area contributed by atoms with Crippen LogP contribution in [0.1, 0.15) is 21.7 Å². The number of aryl methyl sites for hydroxylation is 2. The van der Waals surface area contributed by atoms with Crippen LogP contribution in [0.2, 0.25) is 0 Å². The fourth-order valence-electron chi connectivity index (χ4n) is 2.82. The van der Waals surface area contributed by atoms with Gasteiger partial charge in [0.1, 0.15) is 10.8 Å². The number of fused-ring (bicyclic) bond motifs is 1. The van der Waals surface area contributed by atoms with E-state index in [0.717, 1.165) is 15.5 Å². The van der Waals surface area contributed by atoms with Crippen LogP contribution in [-0.2, 0) is 6.42 Å². The van der Waals surface area contributed by atoms with E-state index in [9.17, 15) is 4.39 Å². The van der Waals surface area contributed by atoms with E-state index in [1.165, 1.54) is 28.5 Å². The molecule has 0 saturated heterocycles. The highest BCUT2D eigenvalue weighted by molar-refractivity contribution is 7.16. The highest BCUT2D eigenvalue weighted by Crippen LogP contribution is 2.25. The van der Waals surface area contributed by atoms with Crippen LogP contribution in [0.4, 0.5) is 4.39 Å². The lowest BCUT2D eigenvalue weighted by Crippen LogP contribution is -1.96. The highest BCUT2D eigenvalue weighted by atomic mass is 32.1. The number of aromatic nitrogens is 4. The van der Waals surface area contributed by atoms with Crippen molar-refractivity contribution in [3.63, 3.8) is 0 Å². The largest absolute Gasteiger partial charge is 0.234 e. The maximum absolute atomic E-state index is 13.8. The Morgan fingerprint density at radius 3 is 2.54 bits per heavy atom. The molecule has 0 radical (unpaired) electrons. The predicted octanol–water partition coefficient (Wildman–Crippen LogP) is 4.20. The molecule has 0 spiro atoms. The van der Waals surface area contributed by atoms with E-state index in [-0.39, 0.29) is 5.82 Å². The summed E-state index contributed by atoms with van der Waals surface area (Å²) in [5, 5.41) is 13.9. The molecular formula is C18H15FN4S. The summed E-state index contributed by atoms with van der Waals surface area (Å²) in [6.45, 7) is 4.11. The predicted molar refractivity (Wildman–Crippen MR) is 92.8 cm³/mol. The molecule has 0 aliphatic rings. The fraction of sp³-hybridized carbons (Fsp3) is 0.167. The smallest absolute Gasteiger partial charge is 0.207 e. The van der Waals surface area contributed by atoms with Crippen LogP contribution < -0.4 is 0 Å². The molecule has 2 aromatic carbocycles. The van der Waals surface area contributed by atoms with E-state index in [1.807, 2.05) is 6.07 Å². The van der Waals surface area contributed by atoms with Crippen molar-refractivity contribution in [1.82, 2.24) is 19.8 Å². The van der Waals surface area contributed by atoms with Gasteiger partial charge in [-0.25, -0.2) is 4.39 Å². The van der Waals surface area contributed by atoms with Crippen molar-refractivity contribution < 1.29 is 4.39 Å². The van der Waals surface area contributed by atoms with E-state index < -0.39 is 0 Å². The van der Waals surface area contributed by atoms with Gasteiger partial charge in [-0.1, -0.05) is 46.7 Å². The van der Waals surface area contributed by atoms with Crippen LogP contribution in [0, 0.1) is 19.7 Å². The van der Waals surface area contributed by atoms with Gasteiger partial charge in [0.2, 0.25) is 4.96 Å². The summed E-state index contributed by atoms with van der Waals surface area (Å²) in [4.78, 5) is 0.718. The van der Waals surface area contributed by atoms with Gasteiger partial charge in [0, 0.05) is 12.0 Å². The molecule has 0 N–H and O–H groups in total. The minimum Gasteiger partial charge on any atom is -0.207 e. The first-order chi connectivity index (χ1) is 11.6. The third-order valence-corrected chi connectivity index (χ3v) is 4.71. The molecule has 0 bridgehead atoms. The lowest BCUT2D eigenvalue weighted by Gasteiger charge is -2.02. The van der Waals surface area contributed by atoms with E-state index in [4.69, 9.17) is 0 Å². The average Bonchev–Trinajstić information content (AvgIpc) is 3.08. The summed E-state index contributed by atoms with van der Waals surface area (Å²) in [5.74, 6) is 0.505. The van der Waals surface area contributed by atoms with Gasteiger partial charge in [0.15, 0.2) is 5.82 Å². The van der Waals surface area contributed by atoms with Gasteiger partial charge in [0.05, 0.1) is 0 Å². The van der Waals surface area contributed by atoms with E-state index in [1.54, 1.807) is 16.6 Å². The van der Waals surface area contributed by atoms with Gasteiger partial charge >= 0.3 is 0 Å². The maximum Gasteiger partial charge on any atom is 0.234 e. The quantitative estimate of drug-likeness (QED) is 0.562. The first kappa shape index (κ1) is 15.0. The van der Waals surface area contributed by atoms with E-state index in [0.29, 0.717) is 17.8 Å². The first-order valence-electron chi connectivity index (χ1n) is 7.63. The first-order valence-corrected chi connectivity index (χ1v) is 8.45. The summed E-state index contributed by atoms with van der Waals surface area (Å²) in [6, 6.07) is 13.0. The fourth-order valence-corrected chi connectivity index (χ4v) is 3.67. The number of hydrogen-bond acceptors (Lipinski definition) is 4. The van der Waals surface area contributed by atoms with Crippen LogP contribution in [0.5, 0.6) is 0 Å². The number of hydrogen-bond donors (Lipinski definition) is 0. The molecule has 0 aliphatic carbocycles. The zero-order chi connectivity index (χ0) is 16.7. The van der Waals surface area contributed by atoms with Crippen molar-refractivity contribution in [3.05, 3.63) is 70.0 Å². The molecular weight excluding hydrogens is 323 g/mol. The molecule has 24 heavy (non-hydrogen) atoms. The van der Waals surface area contributed by atoms with Crippen LogP contribution in [0.15, 0.2) is 42.5 Å². The van der Waals surface area contributed by atoms with Crippen LogP contribution in [0.3, 0.4) is 0 Å². The average molecular weight is 338 g/mol. The van der Waals surface area contributed by atoms with Crippen molar-refractivity contribution >= 4 is 16.3 Å². The van der Waals surface area contributed by atoms with Gasteiger partial charge < -0.3 is 0 Å². The summed E-state index contributed by atoms with van der Waals surface area (Å²) >= 11 is 1.44. The van der Waals surface area contributed by atoms with Crippen molar-refractivity contribution in [1.29, 1.82) is 0 Å². The Morgan fingerprint density at radius 1 is 1.04 bits per heavy atom. The van der Waals surface area contributed by atoms with Gasteiger partial charge in [0.25, 0.3) is 0 Å². The minimum atomic E-state index is -0.210. The normalized spacial score (nSPS) is 11.3. The molecule has 0 saturated carbocycles. The summed E-state index contributed by atoms with van der Waals surface area (Å²) in [6.07, 6.45) is 0.451. The molecule has 0 fully saturated rings. The third-order valence-electron chi connectivity index (χ3n) is 3.81. The molecule has 2 heterocycles. The zero-order valence-electron chi connectivity index (χ0n) is 13.3. The molecule has 120 valence electrons. The van der Waals surface area contributed by atoms with Crippen LogP contribution in [-0.4, -0.2) is 19.8 Å². The Labute approximate surface area is 142 Å².